The van der Waals surface area contributed by atoms with Crippen LogP contribution in [-0.4, -0.2) is 11.7 Å². The fourth-order valence-electron chi connectivity index (χ4n) is 2.07. The maximum Gasteiger partial charge on any atom is 0.0471 e. The average molecular weight is 220 g/mol. The van der Waals surface area contributed by atoms with Gasteiger partial charge in [-0.3, -0.25) is 0 Å². The first-order valence-electron chi connectivity index (χ1n) is 6.50. The first-order valence-corrected chi connectivity index (χ1v) is 6.50. The summed E-state index contributed by atoms with van der Waals surface area (Å²) in [6.45, 7) is 2.30. The second-order valence-corrected chi connectivity index (χ2v) is 4.52. The molecule has 0 atom stereocenters. The molecule has 0 unspecified atom stereocenters. The monoisotopic (exact) mass is 220 g/mol. The molecule has 1 fully saturated rings. The molecule has 1 aliphatic rings. The zero-order valence-corrected chi connectivity index (χ0v) is 10.4. The fraction of sp³-hybridized carbons (Fsp3) is 0.600. The van der Waals surface area contributed by atoms with Gasteiger partial charge in [-0.1, -0.05) is 62.8 Å². The van der Waals surface area contributed by atoms with Crippen LogP contribution in [0.25, 0.3) is 0 Å². The number of rotatable bonds is 2. The molecule has 0 spiro atoms. The molecule has 16 heavy (non-hydrogen) atoms. The van der Waals surface area contributed by atoms with E-state index in [1.807, 2.05) is 18.2 Å². The van der Waals surface area contributed by atoms with Crippen molar-refractivity contribution in [1.29, 1.82) is 0 Å². The molecule has 0 aromatic heterocycles. The van der Waals surface area contributed by atoms with Crippen LogP contribution in [0, 0.1) is 6.92 Å². The molecule has 0 bridgehead atoms. The van der Waals surface area contributed by atoms with Crippen LogP contribution in [0.15, 0.2) is 24.3 Å². The molecular formula is C15H24O. The Bertz CT molecular complexity index is 265. The van der Waals surface area contributed by atoms with Crippen molar-refractivity contribution in [3.8, 4) is 0 Å². The molecule has 1 N–H and O–H groups in total. The smallest absolute Gasteiger partial charge is 0.0471 e. The quantitative estimate of drug-likeness (QED) is 0.802. The second kappa shape index (κ2) is 8.35. The number of aliphatic hydroxyl groups is 1. The van der Waals surface area contributed by atoms with E-state index in [0.717, 1.165) is 6.42 Å². The maximum absolute atomic E-state index is 8.64. The molecule has 0 saturated heterocycles. The topological polar surface area (TPSA) is 20.2 Å². The Kier molecular flexibility index (Phi) is 6.91. The molecule has 1 aromatic carbocycles. The van der Waals surface area contributed by atoms with E-state index < -0.39 is 0 Å². The molecule has 1 aromatic rings. The van der Waals surface area contributed by atoms with Gasteiger partial charge in [0.25, 0.3) is 0 Å². The summed E-state index contributed by atoms with van der Waals surface area (Å²) in [5.41, 5.74) is 2.50. The van der Waals surface area contributed by atoms with Crippen molar-refractivity contribution in [1.82, 2.24) is 0 Å². The zero-order valence-electron chi connectivity index (χ0n) is 10.4. The van der Waals surface area contributed by atoms with E-state index in [1.54, 1.807) is 0 Å². The van der Waals surface area contributed by atoms with E-state index in [9.17, 15) is 0 Å². The lowest BCUT2D eigenvalue weighted by Gasteiger charge is -2.05. The summed E-state index contributed by atoms with van der Waals surface area (Å²) in [7, 11) is 0. The van der Waals surface area contributed by atoms with Crippen LogP contribution < -0.4 is 0 Å². The minimum Gasteiger partial charge on any atom is -0.396 e. The molecule has 0 aliphatic heterocycles. The number of benzene rings is 1. The second-order valence-electron chi connectivity index (χ2n) is 4.52. The summed E-state index contributed by atoms with van der Waals surface area (Å²) in [6, 6.07) is 8.12. The molecule has 0 heterocycles. The molecule has 1 aliphatic carbocycles. The van der Waals surface area contributed by atoms with Crippen molar-refractivity contribution in [2.24, 2.45) is 0 Å². The van der Waals surface area contributed by atoms with E-state index in [-0.39, 0.29) is 6.61 Å². The summed E-state index contributed by atoms with van der Waals surface area (Å²) >= 11 is 0. The molecule has 1 nitrogen and oxygen atoms in total. The minimum absolute atomic E-state index is 0.241. The standard InChI is InChI=1S/C9H12O.C6H12/c1-8-4-2-3-5-9(8)6-7-10;1-2-4-6-5-3-1/h2-5,10H,6-7H2,1H3;1-6H2. The fourth-order valence-corrected chi connectivity index (χ4v) is 2.07. The lowest BCUT2D eigenvalue weighted by atomic mass is 10.0. The third-order valence-electron chi connectivity index (χ3n) is 3.14. The molecule has 0 amide bonds. The number of hydrogen-bond acceptors (Lipinski definition) is 1. The van der Waals surface area contributed by atoms with Crippen LogP contribution >= 0.6 is 0 Å². The van der Waals surface area contributed by atoms with Crippen molar-refractivity contribution in [3.63, 3.8) is 0 Å². The van der Waals surface area contributed by atoms with E-state index in [4.69, 9.17) is 5.11 Å². The van der Waals surface area contributed by atoms with Gasteiger partial charge in [-0.05, 0) is 24.5 Å². The summed E-state index contributed by atoms with van der Waals surface area (Å²) in [5.74, 6) is 0. The SMILES string of the molecule is C1CCCCC1.Cc1ccccc1CCO. The zero-order chi connectivity index (χ0) is 11.6. The number of aryl methyl sites for hydroxylation is 1. The van der Waals surface area contributed by atoms with Crippen LogP contribution in [0.2, 0.25) is 0 Å². The van der Waals surface area contributed by atoms with Gasteiger partial charge in [0.15, 0.2) is 0 Å². The van der Waals surface area contributed by atoms with Gasteiger partial charge in [0.2, 0.25) is 0 Å². The first-order chi connectivity index (χ1) is 7.84. The van der Waals surface area contributed by atoms with Gasteiger partial charge in [0, 0.05) is 6.61 Å². The highest BCUT2D eigenvalue weighted by atomic mass is 16.2. The van der Waals surface area contributed by atoms with Crippen LogP contribution in [0.1, 0.15) is 49.7 Å². The first kappa shape index (κ1) is 13.2. The van der Waals surface area contributed by atoms with Crippen molar-refractivity contribution in [3.05, 3.63) is 35.4 Å². The lowest BCUT2D eigenvalue weighted by molar-refractivity contribution is 0.299. The van der Waals surface area contributed by atoms with Crippen LogP contribution in [0.5, 0.6) is 0 Å². The molecular weight excluding hydrogens is 196 g/mol. The Morgan fingerprint density at radius 1 is 0.938 bits per heavy atom. The highest BCUT2D eigenvalue weighted by molar-refractivity contribution is 5.25. The van der Waals surface area contributed by atoms with Crippen molar-refractivity contribution in [2.45, 2.75) is 51.9 Å². The van der Waals surface area contributed by atoms with Crippen molar-refractivity contribution < 1.29 is 5.11 Å². The van der Waals surface area contributed by atoms with Gasteiger partial charge < -0.3 is 5.11 Å². The van der Waals surface area contributed by atoms with Gasteiger partial charge in [-0.15, -0.1) is 0 Å². The minimum atomic E-state index is 0.241. The van der Waals surface area contributed by atoms with Crippen molar-refractivity contribution in [2.75, 3.05) is 6.61 Å². The predicted octanol–water partition coefficient (Wildman–Crippen LogP) is 3.87. The highest BCUT2D eigenvalue weighted by Crippen LogP contribution is 2.15. The summed E-state index contributed by atoms with van der Waals surface area (Å²) < 4.78 is 0. The summed E-state index contributed by atoms with van der Waals surface area (Å²) in [6.07, 6.45) is 9.77. The molecule has 2 rings (SSSR count). The number of aliphatic hydroxyl groups excluding tert-OH is 1. The summed E-state index contributed by atoms with van der Waals surface area (Å²) in [4.78, 5) is 0. The van der Waals surface area contributed by atoms with Gasteiger partial charge in [-0.25, -0.2) is 0 Å². The van der Waals surface area contributed by atoms with Gasteiger partial charge in [0.1, 0.15) is 0 Å². The van der Waals surface area contributed by atoms with Crippen molar-refractivity contribution >= 4 is 0 Å². The molecule has 1 saturated carbocycles. The van der Waals surface area contributed by atoms with E-state index in [2.05, 4.69) is 13.0 Å². The molecule has 0 radical (unpaired) electrons. The Balaban J connectivity index is 0.000000181. The van der Waals surface area contributed by atoms with Crippen LogP contribution in [-0.2, 0) is 6.42 Å². The summed E-state index contributed by atoms with van der Waals surface area (Å²) in [5, 5.41) is 8.64. The van der Waals surface area contributed by atoms with Crippen LogP contribution in [0.4, 0.5) is 0 Å². The maximum atomic E-state index is 8.64. The molecule has 90 valence electrons. The van der Waals surface area contributed by atoms with E-state index >= 15 is 0 Å². The number of hydrogen-bond donors (Lipinski definition) is 1. The lowest BCUT2D eigenvalue weighted by Crippen LogP contribution is -1.92. The van der Waals surface area contributed by atoms with Gasteiger partial charge in [0.05, 0.1) is 0 Å². The predicted molar refractivity (Wildman–Crippen MR) is 69.7 cm³/mol. The molecule has 1 heteroatoms. The largest absolute Gasteiger partial charge is 0.396 e. The van der Waals surface area contributed by atoms with Crippen LogP contribution in [0.3, 0.4) is 0 Å². The van der Waals surface area contributed by atoms with E-state index in [0.29, 0.717) is 0 Å². The third kappa shape index (κ3) is 5.32. The Labute approximate surface area is 99.5 Å². The Morgan fingerprint density at radius 3 is 1.88 bits per heavy atom. The Hall–Kier alpha value is -0.820. The Morgan fingerprint density at radius 2 is 1.44 bits per heavy atom. The highest BCUT2D eigenvalue weighted by Gasteiger charge is 1.95. The third-order valence-corrected chi connectivity index (χ3v) is 3.14. The van der Waals surface area contributed by atoms with Gasteiger partial charge in [-0.2, -0.15) is 0 Å². The van der Waals surface area contributed by atoms with Gasteiger partial charge >= 0.3 is 0 Å². The average Bonchev–Trinajstić information content (AvgIpc) is 2.35. The normalized spacial score (nSPS) is 15.1. The van der Waals surface area contributed by atoms with E-state index in [1.165, 1.54) is 49.7 Å².